The van der Waals surface area contributed by atoms with Crippen molar-refractivity contribution in [1.29, 1.82) is 0 Å². The van der Waals surface area contributed by atoms with Gasteiger partial charge in [-0.05, 0) is 0 Å². The van der Waals surface area contributed by atoms with Crippen molar-refractivity contribution in [2.75, 3.05) is 17.2 Å². The Morgan fingerprint density at radius 3 is 2.33 bits per heavy atom. The number of nitrogens with zero attached hydrogens (tertiary/aromatic N) is 6. The quantitative estimate of drug-likeness (QED) is 0.282. The van der Waals surface area contributed by atoms with Crippen LogP contribution in [0.5, 0.6) is 0 Å². The van der Waals surface area contributed by atoms with Gasteiger partial charge in [-0.1, -0.05) is 0 Å². The van der Waals surface area contributed by atoms with Crippen LogP contribution in [0.4, 0.5) is 17.7 Å². The zero-order chi connectivity index (χ0) is 14.8. The minimum Gasteiger partial charge on any atom is -0.382 e. The lowest BCUT2D eigenvalue weighted by Gasteiger charge is -1.94. The van der Waals surface area contributed by atoms with E-state index in [2.05, 4.69) is 39.9 Å². The predicted molar refractivity (Wildman–Crippen MR) is 76.6 cm³/mol. The number of imidazole rings is 2. The first kappa shape index (κ1) is 12.5. The van der Waals surface area contributed by atoms with Crippen LogP contribution in [0.1, 0.15) is 0 Å². The zero-order valence-corrected chi connectivity index (χ0v) is 10.6. The van der Waals surface area contributed by atoms with Gasteiger partial charge in [-0.15, -0.1) is 0 Å². The number of hydrogen-bond acceptors (Lipinski definition) is 9. The summed E-state index contributed by atoms with van der Waals surface area (Å²) in [6, 6.07) is 0. The number of fused-ring (bicyclic) bond motifs is 2. The molecule has 21 heavy (non-hydrogen) atoms. The van der Waals surface area contributed by atoms with Gasteiger partial charge in [0, 0.05) is 0 Å². The SMILES string of the molecule is Nc1nc(N)c2[nH]cnc2n1.Nc1ncc2[nH]cnc2n1. The lowest BCUT2D eigenvalue weighted by atomic mass is 10.5. The molecule has 0 aliphatic rings. The minimum atomic E-state index is 0.141. The standard InChI is InChI=1S/C5H6N6.C5H5N5/c6-3-2-4(9-1-8-2)11-5(7)10-3;6-5-7-1-3-4(10-5)9-2-8-3/h1H,(H5,6,7,8,9,10,11);1-2H,(H3,6,7,8,9,10). The van der Waals surface area contributed by atoms with Gasteiger partial charge in [0.1, 0.15) is 11.0 Å². The number of H-pyrrole nitrogens is 2. The minimum absolute atomic E-state index is 0.141. The molecule has 0 fully saturated rings. The van der Waals surface area contributed by atoms with E-state index in [1.807, 2.05) is 0 Å². The highest BCUT2D eigenvalue weighted by molar-refractivity contribution is 5.81. The van der Waals surface area contributed by atoms with Crippen LogP contribution in [-0.4, -0.2) is 39.9 Å². The summed E-state index contributed by atoms with van der Waals surface area (Å²) in [5, 5.41) is 0. The van der Waals surface area contributed by atoms with Crippen molar-refractivity contribution >= 4 is 40.0 Å². The Balaban J connectivity index is 0.000000126. The highest BCUT2D eigenvalue weighted by Crippen LogP contribution is 2.12. The van der Waals surface area contributed by atoms with Crippen molar-refractivity contribution in [2.45, 2.75) is 0 Å². The number of hydrogen-bond donors (Lipinski definition) is 5. The summed E-state index contributed by atoms with van der Waals surface area (Å²) in [5.41, 5.74) is 18.7. The van der Waals surface area contributed by atoms with Gasteiger partial charge in [-0.3, -0.25) is 0 Å². The van der Waals surface area contributed by atoms with E-state index in [4.69, 9.17) is 17.2 Å². The van der Waals surface area contributed by atoms with Crippen LogP contribution < -0.4 is 17.2 Å². The van der Waals surface area contributed by atoms with E-state index in [0.29, 0.717) is 22.6 Å². The molecule has 106 valence electrons. The van der Waals surface area contributed by atoms with Crippen molar-refractivity contribution in [3.8, 4) is 0 Å². The van der Waals surface area contributed by atoms with Crippen LogP contribution in [0.25, 0.3) is 22.3 Å². The molecule has 4 rings (SSSR count). The summed E-state index contributed by atoms with van der Waals surface area (Å²) in [5.74, 6) is 0.715. The molecule has 0 bridgehead atoms. The molecule has 4 aromatic heterocycles. The van der Waals surface area contributed by atoms with Gasteiger partial charge in [0.2, 0.25) is 11.9 Å². The molecule has 0 aliphatic carbocycles. The van der Waals surface area contributed by atoms with Gasteiger partial charge < -0.3 is 27.2 Å². The number of nitrogens with two attached hydrogens (primary N) is 3. The largest absolute Gasteiger partial charge is 0.382 e. The molecule has 0 radical (unpaired) electrons. The van der Waals surface area contributed by atoms with E-state index in [-0.39, 0.29) is 11.9 Å². The molecule has 0 aliphatic heterocycles. The molecular formula is C10H11N11. The summed E-state index contributed by atoms with van der Waals surface area (Å²) < 4.78 is 0. The van der Waals surface area contributed by atoms with Crippen LogP contribution in [0, 0.1) is 0 Å². The highest BCUT2D eigenvalue weighted by Gasteiger charge is 2.03. The molecule has 0 spiro atoms. The second kappa shape index (κ2) is 4.88. The van der Waals surface area contributed by atoms with E-state index < -0.39 is 0 Å². The number of rotatable bonds is 0. The monoisotopic (exact) mass is 285 g/mol. The Kier molecular flexibility index (Phi) is 2.91. The summed E-state index contributed by atoms with van der Waals surface area (Å²) in [7, 11) is 0. The normalized spacial score (nSPS) is 10.5. The fraction of sp³-hybridized carbons (Fsp3) is 0. The number of aromatic amines is 2. The van der Waals surface area contributed by atoms with E-state index >= 15 is 0 Å². The molecule has 4 aromatic rings. The van der Waals surface area contributed by atoms with Crippen molar-refractivity contribution in [2.24, 2.45) is 0 Å². The van der Waals surface area contributed by atoms with Gasteiger partial charge in [0.05, 0.1) is 18.9 Å². The molecule has 0 unspecified atom stereocenters. The maximum absolute atomic E-state index is 5.50. The Labute approximate surface area is 117 Å². The fourth-order valence-corrected chi connectivity index (χ4v) is 1.62. The van der Waals surface area contributed by atoms with Crippen molar-refractivity contribution < 1.29 is 0 Å². The van der Waals surface area contributed by atoms with E-state index in [1.54, 1.807) is 12.5 Å². The maximum atomic E-state index is 5.50. The molecule has 11 heteroatoms. The van der Waals surface area contributed by atoms with Crippen molar-refractivity contribution in [1.82, 2.24) is 39.9 Å². The molecule has 0 amide bonds. The van der Waals surface area contributed by atoms with Gasteiger partial charge >= 0.3 is 0 Å². The van der Waals surface area contributed by atoms with Gasteiger partial charge in [0.25, 0.3) is 0 Å². The van der Waals surface area contributed by atoms with Gasteiger partial charge in [-0.25, -0.2) is 15.0 Å². The van der Waals surface area contributed by atoms with Crippen LogP contribution in [-0.2, 0) is 0 Å². The second-order valence-electron chi connectivity index (χ2n) is 3.94. The third kappa shape index (κ3) is 2.47. The molecule has 11 nitrogen and oxygen atoms in total. The topological polar surface area (TPSA) is 187 Å². The summed E-state index contributed by atoms with van der Waals surface area (Å²) in [4.78, 5) is 28.6. The lowest BCUT2D eigenvalue weighted by Crippen LogP contribution is -1.99. The summed E-state index contributed by atoms with van der Waals surface area (Å²) in [6.45, 7) is 0. The van der Waals surface area contributed by atoms with Crippen LogP contribution >= 0.6 is 0 Å². The third-order valence-electron chi connectivity index (χ3n) is 2.53. The molecule has 8 N–H and O–H groups in total. The second-order valence-corrected chi connectivity index (χ2v) is 3.94. The van der Waals surface area contributed by atoms with Crippen molar-refractivity contribution in [3.63, 3.8) is 0 Å². The highest BCUT2D eigenvalue weighted by atomic mass is 15.1. The number of anilines is 3. The number of nitrogen functional groups attached to an aromatic ring is 3. The molecule has 4 heterocycles. The number of nitrogens with one attached hydrogen (secondary N) is 2. The Hall–Kier alpha value is -3.50. The van der Waals surface area contributed by atoms with Gasteiger partial charge in [0.15, 0.2) is 17.1 Å². The molecule has 0 atom stereocenters. The number of aromatic nitrogens is 8. The van der Waals surface area contributed by atoms with Crippen LogP contribution in [0.2, 0.25) is 0 Å². The first-order valence-corrected chi connectivity index (χ1v) is 5.77. The van der Waals surface area contributed by atoms with E-state index in [9.17, 15) is 0 Å². The third-order valence-corrected chi connectivity index (χ3v) is 2.53. The van der Waals surface area contributed by atoms with Crippen molar-refractivity contribution in [3.05, 3.63) is 18.9 Å². The van der Waals surface area contributed by atoms with E-state index in [0.717, 1.165) is 5.52 Å². The first-order valence-electron chi connectivity index (χ1n) is 5.77. The fourth-order valence-electron chi connectivity index (χ4n) is 1.62. The van der Waals surface area contributed by atoms with Crippen LogP contribution in [0.15, 0.2) is 18.9 Å². The smallest absolute Gasteiger partial charge is 0.224 e. The maximum Gasteiger partial charge on any atom is 0.224 e. The van der Waals surface area contributed by atoms with Gasteiger partial charge in [-0.2, -0.15) is 15.0 Å². The Morgan fingerprint density at radius 1 is 0.762 bits per heavy atom. The Bertz CT molecular complexity index is 892. The first-order chi connectivity index (χ1) is 10.1. The average Bonchev–Trinajstić information content (AvgIpc) is 3.06. The summed E-state index contributed by atoms with van der Waals surface area (Å²) in [6.07, 6.45) is 4.65. The Morgan fingerprint density at radius 2 is 1.48 bits per heavy atom. The summed E-state index contributed by atoms with van der Waals surface area (Å²) >= 11 is 0. The zero-order valence-electron chi connectivity index (χ0n) is 10.6. The lowest BCUT2D eigenvalue weighted by molar-refractivity contribution is 1.22. The molecule has 0 saturated carbocycles. The molecule has 0 aromatic carbocycles. The average molecular weight is 285 g/mol. The molecular weight excluding hydrogens is 274 g/mol. The van der Waals surface area contributed by atoms with E-state index in [1.165, 1.54) is 6.33 Å². The predicted octanol–water partition coefficient (Wildman–Crippen LogP) is -0.548. The van der Waals surface area contributed by atoms with Crippen LogP contribution in [0.3, 0.4) is 0 Å². The molecule has 0 saturated heterocycles.